The molecule has 3 heterocycles. The molecule has 0 aliphatic heterocycles. The summed E-state index contributed by atoms with van der Waals surface area (Å²) in [6.45, 7) is 2.92. The maximum Gasteiger partial charge on any atom is 0.270 e. The number of carbonyl (C=O) groups is 1. The van der Waals surface area contributed by atoms with Crippen molar-refractivity contribution >= 4 is 11.7 Å². The van der Waals surface area contributed by atoms with Crippen LogP contribution in [0.4, 0.5) is 4.39 Å². The smallest absolute Gasteiger partial charge is 0.270 e. The summed E-state index contributed by atoms with van der Waals surface area (Å²) >= 11 is 0. The van der Waals surface area contributed by atoms with Gasteiger partial charge in [0.2, 0.25) is 0 Å². The molecule has 0 saturated carbocycles. The lowest BCUT2D eigenvalue weighted by Gasteiger charge is -2.09. The molecule has 0 saturated heterocycles. The quantitative estimate of drug-likeness (QED) is 0.583. The fourth-order valence-corrected chi connectivity index (χ4v) is 2.74. The predicted molar refractivity (Wildman–Crippen MR) is 95.5 cm³/mol. The maximum absolute atomic E-state index is 13.2. The highest BCUT2D eigenvalue weighted by Gasteiger charge is 2.15. The van der Waals surface area contributed by atoms with Gasteiger partial charge in [-0.25, -0.2) is 9.37 Å². The van der Waals surface area contributed by atoms with Gasteiger partial charge in [-0.1, -0.05) is 0 Å². The van der Waals surface area contributed by atoms with E-state index in [4.69, 9.17) is 0 Å². The highest BCUT2D eigenvalue weighted by molar-refractivity contribution is 5.94. The molecular formula is C18H16FN7O. The lowest BCUT2D eigenvalue weighted by molar-refractivity contribution is 0.0944. The average Bonchev–Trinajstić information content (AvgIpc) is 3.30. The van der Waals surface area contributed by atoms with Crippen molar-refractivity contribution in [2.24, 2.45) is 0 Å². The third-order valence-electron chi connectivity index (χ3n) is 4.16. The number of rotatable bonds is 5. The Morgan fingerprint density at radius 1 is 1.19 bits per heavy atom. The second-order valence-electron chi connectivity index (χ2n) is 5.96. The predicted octanol–water partition coefficient (Wildman–Crippen LogP) is 1.87. The Bertz CT molecular complexity index is 1100. The van der Waals surface area contributed by atoms with Crippen molar-refractivity contribution in [2.75, 3.05) is 6.54 Å². The number of benzene rings is 1. The van der Waals surface area contributed by atoms with Crippen LogP contribution in [0.25, 0.3) is 17.0 Å². The number of hydrogen-bond acceptors (Lipinski definition) is 5. The number of halogens is 1. The number of nitrogens with zero attached hydrogens (tertiary/aromatic N) is 6. The number of fused-ring (bicyclic) bond motifs is 1. The van der Waals surface area contributed by atoms with Crippen LogP contribution in [0.1, 0.15) is 16.2 Å². The van der Waals surface area contributed by atoms with Crippen LogP contribution >= 0.6 is 0 Å². The maximum atomic E-state index is 13.2. The zero-order valence-corrected chi connectivity index (χ0v) is 14.5. The van der Waals surface area contributed by atoms with Crippen LogP contribution < -0.4 is 5.32 Å². The standard InChI is InChI=1S/C18H16FN7O/c1-12-6-7-22-25(12)9-8-20-17(27)16-10-15(13-2-4-14(19)5-3-13)24-18-21-11-23-26(16)18/h2-7,10-11H,8-9H2,1H3,(H,20,27). The number of aromatic nitrogens is 6. The van der Waals surface area contributed by atoms with Crippen molar-refractivity contribution in [3.63, 3.8) is 0 Å². The zero-order chi connectivity index (χ0) is 18.8. The van der Waals surface area contributed by atoms with Gasteiger partial charge in [-0.2, -0.15) is 19.7 Å². The van der Waals surface area contributed by atoms with Crippen molar-refractivity contribution in [1.29, 1.82) is 0 Å². The summed E-state index contributed by atoms with van der Waals surface area (Å²) in [4.78, 5) is 21.1. The van der Waals surface area contributed by atoms with Crippen molar-refractivity contribution in [3.8, 4) is 11.3 Å². The molecule has 0 aliphatic rings. The van der Waals surface area contributed by atoms with Gasteiger partial charge in [-0.3, -0.25) is 9.48 Å². The van der Waals surface area contributed by atoms with E-state index in [9.17, 15) is 9.18 Å². The highest BCUT2D eigenvalue weighted by Crippen LogP contribution is 2.19. The molecule has 0 spiro atoms. The number of hydrogen-bond donors (Lipinski definition) is 1. The van der Waals surface area contributed by atoms with Crippen LogP contribution in [-0.4, -0.2) is 41.8 Å². The molecule has 4 aromatic rings. The van der Waals surface area contributed by atoms with Crippen molar-refractivity contribution in [1.82, 2.24) is 34.7 Å². The van der Waals surface area contributed by atoms with E-state index in [2.05, 4.69) is 25.5 Å². The summed E-state index contributed by atoms with van der Waals surface area (Å²) in [6.07, 6.45) is 3.05. The number of amides is 1. The van der Waals surface area contributed by atoms with Gasteiger partial charge >= 0.3 is 0 Å². The summed E-state index contributed by atoms with van der Waals surface area (Å²) in [5, 5.41) is 11.1. The van der Waals surface area contributed by atoms with Crippen molar-refractivity contribution in [2.45, 2.75) is 13.5 Å². The van der Waals surface area contributed by atoms with Crippen LogP contribution in [0.2, 0.25) is 0 Å². The second kappa shape index (κ2) is 6.94. The first-order valence-corrected chi connectivity index (χ1v) is 8.35. The lowest BCUT2D eigenvalue weighted by atomic mass is 10.1. The number of aryl methyl sites for hydroxylation is 1. The molecule has 0 fully saturated rings. The normalized spacial score (nSPS) is 11.0. The average molecular weight is 365 g/mol. The minimum atomic E-state index is -0.339. The summed E-state index contributed by atoms with van der Waals surface area (Å²) in [6, 6.07) is 9.41. The van der Waals surface area contributed by atoms with E-state index in [0.717, 1.165) is 5.69 Å². The Morgan fingerprint density at radius 3 is 2.74 bits per heavy atom. The molecular weight excluding hydrogens is 349 g/mol. The van der Waals surface area contributed by atoms with Crippen LogP contribution in [-0.2, 0) is 6.54 Å². The second-order valence-corrected chi connectivity index (χ2v) is 5.96. The van der Waals surface area contributed by atoms with E-state index in [0.29, 0.717) is 35.8 Å². The molecule has 4 rings (SSSR count). The lowest BCUT2D eigenvalue weighted by Crippen LogP contribution is -2.29. The topological polar surface area (TPSA) is 90.0 Å². The molecule has 0 aliphatic carbocycles. The third kappa shape index (κ3) is 3.39. The van der Waals surface area contributed by atoms with Gasteiger partial charge in [0, 0.05) is 24.0 Å². The first-order chi connectivity index (χ1) is 13.1. The molecule has 8 nitrogen and oxygen atoms in total. The van der Waals surface area contributed by atoms with E-state index >= 15 is 0 Å². The molecule has 0 atom stereocenters. The molecule has 3 aromatic heterocycles. The van der Waals surface area contributed by atoms with E-state index in [1.165, 1.54) is 23.0 Å². The van der Waals surface area contributed by atoms with Gasteiger partial charge in [0.05, 0.1) is 12.2 Å². The molecule has 0 radical (unpaired) electrons. The van der Waals surface area contributed by atoms with Crippen molar-refractivity contribution in [3.05, 3.63) is 66.1 Å². The van der Waals surface area contributed by atoms with Gasteiger partial charge < -0.3 is 5.32 Å². The Hall–Kier alpha value is -3.62. The summed E-state index contributed by atoms with van der Waals surface area (Å²) < 4.78 is 16.4. The first kappa shape index (κ1) is 16.8. The third-order valence-corrected chi connectivity index (χ3v) is 4.16. The van der Waals surface area contributed by atoms with Gasteiger partial charge in [0.25, 0.3) is 11.7 Å². The molecule has 0 bridgehead atoms. The SMILES string of the molecule is Cc1ccnn1CCNC(=O)c1cc(-c2ccc(F)cc2)nc2ncnn12. The Kier molecular flexibility index (Phi) is 4.33. The van der Waals surface area contributed by atoms with E-state index < -0.39 is 0 Å². The zero-order valence-electron chi connectivity index (χ0n) is 14.5. The molecule has 1 amide bonds. The summed E-state index contributed by atoms with van der Waals surface area (Å²) in [5.74, 6) is -0.347. The molecule has 9 heteroatoms. The van der Waals surface area contributed by atoms with E-state index in [1.807, 2.05) is 17.7 Å². The fourth-order valence-electron chi connectivity index (χ4n) is 2.74. The van der Waals surface area contributed by atoms with Gasteiger partial charge in [0.15, 0.2) is 0 Å². The minimum absolute atomic E-state index is 0.296. The van der Waals surface area contributed by atoms with E-state index in [-0.39, 0.29) is 11.7 Å². The number of nitrogens with one attached hydrogen (secondary N) is 1. The molecule has 0 unspecified atom stereocenters. The van der Waals surface area contributed by atoms with Crippen LogP contribution in [0.15, 0.2) is 48.9 Å². The molecule has 27 heavy (non-hydrogen) atoms. The molecule has 1 aromatic carbocycles. The van der Waals surface area contributed by atoms with Gasteiger partial charge in [-0.15, -0.1) is 0 Å². The Labute approximate surface area is 153 Å². The summed E-state index contributed by atoms with van der Waals surface area (Å²) in [7, 11) is 0. The minimum Gasteiger partial charge on any atom is -0.349 e. The summed E-state index contributed by atoms with van der Waals surface area (Å²) in [5.41, 5.74) is 2.52. The first-order valence-electron chi connectivity index (χ1n) is 8.35. The monoisotopic (exact) mass is 365 g/mol. The van der Waals surface area contributed by atoms with E-state index in [1.54, 1.807) is 24.4 Å². The fraction of sp³-hybridized carbons (Fsp3) is 0.167. The number of carbonyl (C=O) groups excluding carboxylic acids is 1. The highest BCUT2D eigenvalue weighted by atomic mass is 19.1. The Balaban J connectivity index is 1.60. The van der Waals surface area contributed by atoms with Crippen molar-refractivity contribution < 1.29 is 9.18 Å². The largest absolute Gasteiger partial charge is 0.349 e. The molecule has 1 N–H and O–H groups in total. The van der Waals surface area contributed by atoms with Gasteiger partial charge in [0.1, 0.15) is 17.8 Å². The Morgan fingerprint density at radius 2 is 2.00 bits per heavy atom. The van der Waals surface area contributed by atoms with Crippen LogP contribution in [0, 0.1) is 12.7 Å². The van der Waals surface area contributed by atoms with Crippen LogP contribution in [0.5, 0.6) is 0 Å². The van der Waals surface area contributed by atoms with Gasteiger partial charge in [-0.05, 0) is 43.3 Å². The molecule has 136 valence electrons. The van der Waals surface area contributed by atoms with Crippen LogP contribution in [0.3, 0.4) is 0 Å².